The van der Waals surface area contributed by atoms with Crippen molar-refractivity contribution in [3.8, 4) is 0 Å². The minimum atomic E-state index is -0.144. The average Bonchev–Trinajstić information content (AvgIpc) is 2.74. The molecule has 1 aliphatic carbocycles. The van der Waals surface area contributed by atoms with Crippen molar-refractivity contribution in [2.24, 2.45) is 4.99 Å². The molecule has 1 aliphatic heterocycles. The van der Waals surface area contributed by atoms with Gasteiger partial charge in [0.25, 0.3) is 0 Å². The number of allylic oxidation sites excluding steroid dienone is 6. The summed E-state index contributed by atoms with van der Waals surface area (Å²) in [6.45, 7) is 17.0. The van der Waals surface area contributed by atoms with E-state index in [0.29, 0.717) is 0 Å². The van der Waals surface area contributed by atoms with Crippen molar-refractivity contribution in [2.75, 3.05) is 0 Å². The first-order valence-electron chi connectivity index (χ1n) is 9.98. The number of hydrogen-bond acceptors (Lipinski definition) is 2. The van der Waals surface area contributed by atoms with E-state index in [4.69, 9.17) is 17.6 Å². The molecule has 0 aromatic carbocycles. The molecule has 0 spiro atoms. The molecule has 2 rings (SSSR count). The lowest BCUT2D eigenvalue weighted by atomic mass is 9.78. The zero-order valence-corrected chi connectivity index (χ0v) is 17.2. The van der Waals surface area contributed by atoms with E-state index >= 15 is 0 Å². The fraction of sp³-hybridized carbons (Fsp3) is 0.609. The number of aliphatic imine (C=N–C) groups is 1. The van der Waals surface area contributed by atoms with Gasteiger partial charge in [-0.25, -0.2) is 4.99 Å². The van der Waals surface area contributed by atoms with Gasteiger partial charge < -0.3 is 4.74 Å². The van der Waals surface area contributed by atoms with Crippen LogP contribution in [0.25, 0.3) is 0 Å². The minimum absolute atomic E-state index is 0.144. The molecule has 2 aliphatic rings. The molecular weight excluding hydrogens is 317 g/mol. The summed E-state index contributed by atoms with van der Waals surface area (Å²) in [5.41, 5.74) is 7.78. The number of nitrogens with zero attached hydrogens (tertiary/aromatic N) is 1. The van der Waals surface area contributed by atoms with Gasteiger partial charge in [0.2, 0.25) is 0 Å². The second-order valence-electron chi connectivity index (χ2n) is 8.03. The highest BCUT2D eigenvalue weighted by Crippen LogP contribution is 2.33. The normalized spacial score (nSPS) is 22.2. The fourth-order valence-corrected chi connectivity index (χ4v) is 3.60. The molecule has 0 fully saturated rings. The smallest absolute Gasteiger partial charge is 0.182 e. The lowest BCUT2D eigenvalue weighted by Gasteiger charge is -2.27. The molecule has 140 valence electrons. The fourth-order valence-electron chi connectivity index (χ4n) is 3.60. The minimum Gasteiger partial charge on any atom is -0.478 e. The van der Waals surface area contributed by atoms with Crippen molar-refractivity contribution in [2.45, 2.75) is 91.0 Å². The summed E-state index contributed by atoms with van der Waals surface area (Å²) in [7, 11) is 6.40. The molecule has 1 atom stereocenters. The molecule has 0 saturated heterocycles. The van der Waals surface area contributed by atoms with Gasteiger partial charge in [-0.1, -0.05) is 42.4 Å². The van der Waals surface area contributed by atoms with Crippen LogP contribution < -0.4 is 0 Å². The van der Waals surface area contributed by atoms with Crippen LogP contribution in [0.15, 0.2) is 51.7 Å². The maximum Gasteiger partial charge on any atom is 0.182 e. The zero-order valence-electron chi connectivity index (χ0n) is 17.2. The lowest BCUT2D eigenvalue weighted by Crippen LogP contribution is -2.24. The largest absolute Gasteiger partial charge is 0.478 e. The van der Waals surface area contributed by atoms with Crippen molar-refractivity contribution in [1.29, 1.82) is 0 Å². The van der Waals surface area contributed by atoms with E-state index in [0.717, 1.165) is 63.0 Å². The van der Waals surface area contributed by atoms with Crippen LogP contribution in [0.5, 0.6) is 0 Å². The van der Waals surface area contributed by atoms with Gasteiger partial charge in [0.15, 0.2) is 5.90 Å². The summed E-state index contributed by atoms with van der Waals surface area (Å²) in [6, 6.07) is 0. The number of hydrogen-bond donors (Lipinski definition) is 0. The molecule has 0 amide bonds. The Bertz CT molecular complexity index is 637. The van der Waals surface area contributed by atoms with Gasteiger partial charge in [0.05, 0.1) is 7.85 Å². The Morgan fingerprint density at radius 3 is 2.31 bits per heavy atom. The Labute approximate surface area is 161 Å². The number of ether oxygens (including phenoxy) is 1. The average molecular weight is 351 g/mol. The Kier molecular flexibility index (Phi) is 7.55. The van der Waals surface area contributed by atoms with Gasteiger partial charge in [-0.3, -0.25) is 0 Å². The highest BCUT2D eigenvalue weighted by molar-refractivity contribution is 6.24. The van der Waals surface area contributed by atoms with Crippen LogP contribution in [0.2, 0.25) is 5.82 Å². The standard InChI is InChI=1S/C23H34BNO/c1-7-15(2)12-16(3)13-20-14-22(24)23(25-19(20)6)26-21-10-8-17(4)18(5)9-11-21/h21-22H,2-3,7-14H2,1,4-6H3. The van der Waals surface area contributed by atoms with Crippen LogP contribution in [0.4, 0.5) is 0 Å². The van der Waals surface area contributed by atoms with Gasteiger partial charge >= 0.3 is 0 Å². The van der Waals surface area contributed by atoms with Crippen molar-refractivity contribution in [3.05, 3.63) is 46.7 Å². The van der Waals surface area contributed by atoms with Crippen molar-refractivity contribution in [1.82, 2.24) is 0 Å². The summed E-state index contributed by atoms with van der Waals surface area (Å²) >= 11 is 0. The molecule has 0 aromatic rings. The lowest BCUT2D eigenvalue weighted by molar-refractivity contribution is 0.165. The predicted octanol–water partition coefficient (Wildman–Crippen LogP) is 6.62. The number of rotatable bonds is 6. The van der Waals surface area contributed by atoms with Gasteiger partial charge in [0, 0.05) is 11.5 Å². The molecule has 26 heavy (non-hydrogen) atoms. The van der Waals surface area contributed by atoms with E-state index in [1.807, 2.05) is 0 Å². The van der Waals surface area contributed by atoms with E-state index in [2.05, 4.69) is 40.9 Å². The predicted molar refractivity (Wildman–Crippen MR) is 114 cm³/mol. The molecule has 2 radical (unpaired) electrons. The van der Waals surface area contributed by atoms with E-state index in [9.17, 15) is 0 Å². The maximum atomic E-state index is 6.40. The maximum absolute atomic E-state index is 6.40. The van der Waals surface area contributed by atoms with Crippen molar-refractivity contribution >= 4 is 13.7 Å². The van der Waals surface area contributed by atoms with E-state index in [1.54, 1.807) is 0 Å². The molecule has 2 nitrogen and oxygen atoms in total. The van der Waals surface area contributed by atoms with Crippen LogP contribution in [0.3, 0.4) is 0 Å². The second-order valence-corrected chi connectivity index (χ2v) is 8.03. The highest BCUT2D eigenvalue weighted by Gasteiger charge is 2.25. The van der Waals surface area contributed by atoms with Gasteiger partial charge in [-0.2, -0.15) is 0 Å². The Balaban J connectivity index is 1.99. The third-order valence-electron chi connectivity index (χ3n) is 5.74. The van der Waals surface area contributed by atoms with Crippen molar-refractivity contribution in [3.63, 3.8) is 0 Å². The Hall–Kier alpha value is -1.51. The van der Waals surface area contributed by atoms with Crippen LogP contribution in [-0.2, 0) is 4.74 Å². The second kappa shape index (κ2) is 9.44. The molecule has 0 aromatic heterocycles. The van der Waals surface area contributed by atoms with E-state index in [1.165, 1.54) is 27.9 Å². The van der Waals surface area contributed by atoms with Crippen LogP contribution in [-0.4, -0.2) is 19.8 Å². The summed E-state index contributed by atoms with van der Waals surface area (Å²) in [6.07, 6.45) is 8.13. The van der Waals surface area contributed by atoms with Crippen LogP contribution in [0.1, 0.15) is 79.1 Å². The summed E-state index contributed by atoms with van der Waals surface area (Å²) in [5.74, 6) is 0.575. The monoisotopic (exact) mass is 351 g/mol. The van der Waals surface area contributed by atoms with Gasteiger partial charge in [-0.15, -0.1) is 0 Å². The Morgan fingerprint density at radius 1 is 1.12 bits per heavy atom. The molecular formula is C23H34BNO. The molecule has 1 heterocycles. The first-order valence-corrected chi connectivity index (χ1v) is 9.98. The van der Waals surface area contributed by atoms with Crippen LogP contribution in [0, 0.1) is 0 Å². The quantitative estimate of drug-likeness (QED) is 0.389. The zero-order chi connectivity index (χ0) is 19.3. The molecule has 1 unspecified atom stereocenters. The van der Waals surface area contributed by atoms with Gasteiger partial charge in [0.1, 0.15) is 6.10 Å². The molecule has 0 N–H and O–H groups in total. The SMILES string of the molecule is [B]C1CC(CC(=C)CC(=C)CC)=C(C)N=C1OC1CCC(C)=C(C)CC1. The molecule has 3 heteroatoms. The highest BCUT2D eigenvalue weighted by atomic mass is 16.5. The first-order chi connectivity index (χ1) is 12.3. The van der Waals surface area contributed by atoms with E-state index < -0.39 is 0 Å². The first kappa shape index (κ1) is 20.8. The van der Waals surface area contributed by atoms with Crippen molar-refractivity contribution < 1.29 is 4.74 Å². The topological polar surface area (TPSA) is 21.6 Å². The molecule has 0 saturated carbocycles. The summed E-state index contributed by atoms with van der Waals surface area (Å²) < 4.78 is 6.25. The van der Waals surface area contributed by atoms with Crippen LogP contribution >= 0.6 is 0 Å². The third kappa shape index (κ3) is 5.76. The summed E-state index contributed by atoms with van der Waals surface area (Å²) in [5, 5.41) is 0. The summed E-state index contributed by atoms with van der Waals surface area (Å²) in [4.78, 5) is 4.73. The van der Waals surface area contributed by atoms with Gasteiger partial charge in [-0.05, 0) is 77.7 Å². The molecule has 0 bridgehead atoms. The Morgan fingerprint density at radius 2 is 1.73 bits per heavy atom. The van der Waals surface area contributed by atoms with E-state index in [-0.39, 0.29) is 11.9 Å². The third-order valence-corrected chi connectivity index (χ3v) is 5.74.